The molecule has 0 aromatic carbocycles. The molecule has 0 amide bonds. The Hall–Kier alpha value is -1.75. The van der Waals surface area contributed by atoms with Crippen molar-refractivity contribution in [2.75, 3.05) is 25.5 Å². The van der Waals surface area contributed by atoms with Gasteiger partial charge in [-0.3, -0.25) is 0 Å². The van der Waals surface area contributed by atoms with Gasteiger partial charge in [-0.1, -0.05) is 0 Å². The molecule has 21 heavy (non-hydrogen) atoms. The molecule has 0 radical (unpaired) electrons. The lowest BCUT2D eigenvalue weighted by atomic mass is 10.1. The standard InChI is InChI=1S/C16H23N5/c1-11-9-12(2)20-16-14(11)15(18-10-19-16)17-7-6-13-5-4-8-21(13)3/h9-10,13H,4-8H2,1-3H3,(H,17,18,19,20)/t13-/m1/s1. The molecule has 0 saturated carbocycles. The summed E-state index contributed by atoms with van der Waals surface area (Å²) in [7, 11) is 2.22. The maximum absolute atomic E-state index is 4.50. The van der Waals surface area contributed by atoms with Crippen molar-refractivity contribution in [2.45, 2.75) is 39.2 Å². The van der Waals surface area contributed by atoms with Gasteiger partial charge in [-0.2, -0.15) is 0 Å². The summed E-state index contributed by atoms with van der Waals surface area (Å²) in [6.45, 7) is 6.26. The minimum absolute atomic E-state index is 0.701. The molecule has 0 unspecified atom stereocenters. The van der Waals surface area contributed by atoms with Crippen LogP contribution in [0.25, 0.3) is 11.0 Å². The van der Waals surface area contributed by atoms with Crippen molar-refractivity contribution in [2.24, 2.45) is 0 Å². The molecule has 3 heterocycles. The average Bonchev–Trinajstić information content (AvgIpc) is 2.84. The zero-order valence-corrected chi connectivity index (χ0v) is 13.1. The highest BCUT2D eigenvalue weighted by Crippen LogP contribution is 2.23. The number of hydrogen-bond acceptors (Lipinski definition) is 5. The summed E-state index contributed by atoms with van der Waals surface area (Å²) < 4.78 is 0. The van der Waals surface area contributed by atoms with Crippen molar-refractivity contribution >= 4 is 16.9 Å². The highest BCUT2D eigenvalue weighted by atomic mass is 15.1. The van der Waals surface area contributed by atoms with Crippen LogP contribution in [0.3, 0.4) is 0 Å². The summed E-state index contributed by atoms with van der Waals surface area (Å²) in [6.07, 6.45) is 5.38. The van der Waals surface area contributed by atoms with E-state index in [9.17, 15) is 0 Å². The summed E-state index contributed by atoms with van der Waals surface area (Å²) in [5, 5.41) is 4.52. The normalized spacial score (nSPS) is 19.3. The molecule has 1 N–H and O–H groups in total. The van der Waals surface area contributed by atoms with Gasteiger partial charge in [0.25, 0.3) is 0 Å². The number of fused-ring (bicyclic) bond motifs is 1. The lowest BCUT2D eigenvalue weighted by Crippen LogP contribution is -2.27. The highest BCUT2D eigenvalue weighted by molar-refractivity contribution is 5.89. The highest BCUT2D eigenvalue weighted by Gasteiger charge is 2.20. The van der Waals surface area contributed by atoms with Crippen LogP contribution in [0.1, 0.15) is 30.5 Å². The number of nitrogens with one attached hydrogen (secondary N) is 1. The van der Waals surface area contributed by atoms with E-state index in [-0.39, 0.29) is 0 Å². The van der Waals surface area contributed by atoms with Crippen molar-refractivity contribution in [3.05, 3.63) is 23.7 Å². The first-order chi connectivity index (χ1) is 10.1. The fourth-order valence-electron chi connectivity index (χ4n) is 3.24. The predicted molar refractivity (Wildman–Crippen MR) is 85.6 cm³/mol. The summed E-state index contributed by atoms with van der Waals surface area (Å²) in [5.74, 6) is 0.908. The molecule has 0 bridgehead atoms. The van der Waals surface area contributed by atoms with Crippen molar-refractivity contribution in [3.63, 3.8) is 0 Å². The number of likely N-dealkylation sites (tertiary alicyclic amines) is 1. The molecule has 1 saturated heterocycles. The zero-order valence-electron chi connectivity index (χ0n) is 13.1. The number of hydrogen-bond donors (Lipinski definition) is 1. The Balaban J connectivity index is 1.75. The molecule has 1 aliphatic rings. The van der Waals surface area contributed by atoms with Gasteiger partial charge in [0.05, 0.1) is 5.39 Å². The summed E-state index contributed by atoms with van der Waals surface area (Å²) in [6, 6.07) is 2.79. The van der Waals surface area contributed by atoms with Crippen LogP contribution in [0, 0.1) is 13.8 Å². The van der Waals surface area contributed by atoms with Gasteiger partial charge >= 0.3 is 0 Å². The summed E-state index contributed by atoms with van der Waals surface area (Å²) >= 11 is 0. The van der Waals surface area contributed by atoms with E-state index in [4.69, 9.17) is 0 Å². The van der Waals surface area contributed by atoms with E-state index in [0.717, 1.165) is 35.5 Å². The molecule has 1 atom stereocenters. The molecule has 0 spiro atoms. The fraction of sp³-hybridized carbons (Fsp3) is 0.562. The second-order valence-electron chi connectivity index (χ2n) is 5.99. The van der Waals surface area contributed by atoms with Gasteiger partial charge in [0.15, 0.2) is 5.65 Å². The number of rotatable bonds is 4. The Morgan fingerprint density at radius 1 is 1.33 bits per heavy atom. The monoisotopic (exact) mass is 285 g/mol. The van der Waals surface area contributed by atoms with Gasteiger partial charge in [0, 0.05) is 18.3 Å². The van der Waals surface area contributed by atoms with E-state index in [1.54, 1.807) is 6.33 Å². The van der Waals surface area contributed by atoms with Gasteiger partial charge in [-0.25, -0.2) is 15.0 Å². The minimum Gasteiger partial charge on any atom is -0.369 e. The molecule has 2 aromatic heterocycles. The van der Waals surface area contributed by atoms with Gasteiger partial charge in [0.2, 0.25) is 0 Å². The van der Waals surface area contributed by atoms with Crippen LogP contribution in [-0.4, -0.2) is 46.0 Å². The number of nitrogens with zero attached hydrogens (tertiary/aromatic N) is 4. The SMILES string of the molecule is Cc1cc(C)c2c(NCC[C@H]3CCCN3C)ncnc2n1. The maximum atomic E-state index is 4.50. The maximum Gasteiger partial charge on any atom is 0.165 e. The second kappa shape index (κ2) is 5.93. The first-order valence-electron chi connectivity index (χ1n) is 7.68. The van der Waals surface area contributed by atoms with Gasteiger partial charge in [-0.05, 0) is 58.3 Å². The quantitative estimate of drug-likeness (QED) is 0.935. The van der Waals surface area contributed by atoms with Crippen LogP contribution in [0.5, 0.6) is 0 Å². The molecule has 112 valence electrons. The number of aromatic nitrogens is 3. The topological polar surface area (TPSA) is 53.9 Å². The van der Waals surface area contributed by atoms with E-state index in [0.29, 0.717) is 6.04 Å². The van der Waals surface area contributed by atoms with Crippen LogP contribution in [0.2, 0.25) is 0 Å². The zero-order chi connectivity index (χ0) is 14.8. The average molecular weight is 285 g/mol. The number of anilines is 1. The third-order valence-electron chi connectivity index (χ3n) is 4.37. The molecule has 5 nitrogen and oxygen atoms in total. The molecule has 2 aromatic rings. The largest absolute Gasteiger partial charge is 0.369 e. The number of pyridine rings is 1. The molecule has 1 fully saturated rings. The molecular formula is C16H23N5. The van der Waals surface area contributed by atoms with Crippen molar-refractivity contribution < 1.29 is 0 Å². The molecule has 5 heteroatoms. The smallest absolute Gasteiger partial charge is 0.165 e. The van der Waals surface area contributed by atoms with Crippen molar-refractivity contribution in [3.8, 4) is 0 Å². The fourth-order valence-corrected chi connectivity index (χ4v) is 3.24. The summed E-state index contributed by atoms with van der Waals surface area (Å²) in [5.41, 5.74) is 2.96. The van der Waals surface area contributed by atoms with E-state index >= 15 is 0 Å². The first-order valence-corrected chi connectivity index (χ1v) is 7.68. The predicted octanol–water partition coefficient (Wildman–Crippen LogP) is 2.54. The lowest BCUT2D eigenvalue weighted by molar-refractivity contribution is 0.301. The van der Waals surface area contributed by atoms with E-state index in [1.165, 1.54) is 24.9 Å². The Labute approximate surface area is 125 Å². The molecule has 3 rings (SSSR count). The van der Waals surface area contributed by atoms with Crippen molar-refractivity contribution in [1.82, 2.24) is 19.9 Å². The van der Waals surface area contributed by atoms with E-state index in [1.807, 2.05) is 6.92 Å². The van der Waals surface area contributed by atoms with Gasteiger partial charge in [0.1, 0.15) is 12.1 Å². The Bertz CT molecular complexity index is 640. The molecule has 1 aliphatic heterocycles. The summed E-state index contributed by atoms with van der Waals surface area (Å²) in [4.78, 5) is 15.6. The van der Waals surface area contributed by atoms with Crippen LogP contribution in [0.15, 0.2) is 12.4 Å². The van der Waals surface area contributed by atoms with Crippen LogP contribution in [0.4, 0.5) is 5.82 Å². The van der Waals surface area contributed by atoms with Crippen molar-refractivity contribution in [1.29, 1.82) is 0 Å². The Kier molecular flexibility index (Phi) is 4.01. The third-order valence-corrected chi connectivity index (χ3v) is 4.37. The van der Waals surface area contributed by atoms with Crippen LogP contribution in [-0.2, 0) is 0 Å². The lowest BCUT2D eigenvalue weighted by Gasteiger charge is -2.19. The third kappa shape index (κ3) is 2.97. The van der Waals surface area contributed by atoms with Gasteiger partial charge in [-0.15, -0.1) is 0 Å². The number of aryl methyl sites for hydroxylation is 2. The molecule has 0 aliphatic carbocycles. The molecular weight excluding hydrogens is 262 g/mol. The van der Waals surface area contributed by atoms with Crippen LogP contribution < -0.4 is 5.32 Å². The Morgan fingerprint density at radius 2 is 2.19 bits per heavy atom. The van der Waals surface area contributed by atoms with E-state index < -0.39 is 0 Å². The minimum atomic E-state index is 0.701. The van der Waals surface area contributed by atoms with E-state index in [2.05, 4.69) is 45.2 Å². The second-order valence-corrected chi connectivity index (χ2v) is 5.99. The van der Waals surface area contributed by atoms with Gasteiger partial charge < -0.3 is 10.2 Å². The first kappa shape index (κ1) is 14.2. The Morgan fingerprint density at radius 3 is 2.95 bits per heavy atom. The van der Waals surface area contributed by atoms with Crippen LogP contribution >= 0.6 is 0 Å².